The van der Waals surface area contributed by atoms with Crippen LogP contribution in [0.15, 0.2) is 257 Å². The second kappa shape index (κ2) is 39.5. The van der Waals surface area contributed by atoms with Crippen molar-refractivity contribution in [3.8, 4) is 68.4 Å². The maximum atomic E-state index is 13.2. The van der Waals surface area contributed by atoms with E-state index < -0.39 is 0 Å². The van der Waals surface area contributed by atoms with E-state index in [0.29, 0.717) is 125 Å². The van der Waals surface area contributed by atoms with Crippen molar-refractivity contribution >= 4 is 118 Å². The van der Waals surface area contributed by atoms with Gasteiger partial charge in [0.25, 0.3) is 23.6 Å². The number of amides is 4. The number of oxazole rings is 2. The first-order chi connectivity index (χ1) is 62.0. The number of aliphatic hydroxyl groups is 3. The van der Waals surface area contributed by atoms with Crippen LogP contribution in [0.1, 0.15) is 70.4 Å². The number of para-hydroxylation sites is 4. The fourth-order valence-corrected chi connectivity index (χ4v) is 16.7. The molecule has 2 aliphatic rings. The van der Waals surface area contributed by atoms with E-state index in [-0.39, 0.29) is 42.9 Å². The van der Waals surface area contributed by atoms with Gasteiger partial charge in [-0.05, 0) is 138 Å². The Morgan fingerprint density at radius 1 is 0.480 bits per heavy atom. The van der Waals surface area contributed by atoms with Gasteiger partial charge in [0, 0.05) is 158 Å². The Hall–Kier alpha value is -14.5. The minimum atomic E-state index is -0.351. The molecule has 17 aromatic rings. The van der Waals surface area contributed by atoms with E-state index in [1.54, 1.807) is 89.7 Å². The van der Waals surface area contributed by atoms with Crippen LogP contribution in [0, 0.1) is 0 Å². The number of likely N-dealkylation sites (tertiary alicyclic amines) is 1. The standard InChI is InChI=1S/C27H24N4O2S.C26H29N5O4S.C22H19N3O5.C21H18N4O2/c32-22-11-12-30(15-22)14-21-17-34-27-29-25(16-31(21)27)23-7-3-4-8-24(23)28-26(33)20-10-9-18-5-1-2-6-19(18)13-20;1-35-24-11-17(10-18(14-32)21(24)15-33)25(34)28-22-5-3-2-4-20(22)23-13-31-19(16-36-26(31)29-23)12-30-8-6-27-7-9-30;1-27-17-11-13(12-18(28-2)19(17)29-3)21(26)24-15-8-5-4-7-14(15)22-25-20-16(30-22)9-6-10-23-20;1-25(2)15-8-5-7-14(13-15)20(26)23-17-10-4-3-9-16(17)21-24-19-18(27-21)11-6-12-22-19/h1-10,13,16-17,22,32H,11-12,14-15H2,(H,28,33);2-5,10-11,13,16,27,32-33H,6-9,12,14-15H2,1H3,(H,28,34);4-12H,1-3H3,(H,24,26);3-13H,1-2H3,(H,23,26)/t22-;;;/m1.../s1. The Bertz CT molecular complexity index is 6710. The fourth-order valence-electron chi connectivity index (χ4n) is 15.0. The number of rotatable bonds is 23. The molecule has 8 N–H and O–H groups in total. The number of nitrogens with zero attached hydrogens (tertiary/aromatic N) is 11. The van der Waals surface area contributed by atoms with Crippen LogP contribution in [0.2, 0.25) is 0 Å². The summed E-state index contributed by atoms with van der Waals surface area (Å²) in [6, 6.07) is 64.7. The second-order valence-corrected chi connectivity index (χ2v) is 31.6. The van der Waals surface area contributed by atoms with Gasteiger partial charge in [0.15, 0.2) is 43.9 Å². The summed E-state index contributed by atoms with van der Waals surface area (Å²) in [5, 5.41) is 50.9. The molecule has 4 amide bonds. The summed E-state index contributed by atoms with van der Waals surface area (Å²) in [5.41, 5.74) is 15.5. The molecule has 127 heavy (non-hydrogen) atoms. The first-order valence-corrected chi connectivity index (χ1v) is 42.5. The number of carbonyl (C=O) groups is 4. The van der Waals surface area contributed by atoms with Crippen LogP contribution >= 0.6 is 22.7 Å². The fraction of sp³-hybridized carbons (Fsp3) is 0.188. The lowest BCUT2D eigenvalue weighted by Crippen LogP contribution is -2.43. The number of methoxy groups -OCH3 is 4. The van der Waals surface area contributed by atoms with Gasteiger partial charge in [-0.15, -0.1) is 22.7 Å². The zero-order chi connectivity index (χ0) is 88.0. The molecule has 1 atom stereocenters. The molecule has 0 unspecified atom stereocenters. The van der Waals surface area contributed by atoms with E-state index in [1.165, 1.54) is 34.1 Å². The Morgan fingerprint density at radius 3 is 1.44 bits per heavy atom. The molecular weight excluding hydrogens is 1650 g/mol. The summed E-state index contributed by atoms with van der Waals surface area (Å²) in [7, 11) is 9.84. The molecule has 0 aliphatic carbocycles. The van der Waals surface area contributed by atoms with E-state index in [9.17, 15) is 34.5 Å². The maximum absolute atomic E-state index is 13.2. The number of nitrogens with one attached hydrogen (secondary N) is 5. The third-order valence-electron chi connectivity index (χ3n) is 21.5. The monoisotopic (exact) mass is 1740 g/mol. The third kappa shape index (κ3) is 19.7. The molecule has 31 heteroatoms. The zero-order valence-corrected chi connectivity index (χ0v) is 71.8. The van der Waals surface area contributed by atoms with E-state index in [2.05, 4.69) is 75.9 Å². The molecule has 29 nitrogen and oxygen atoms in total. The number of piperazine rings is 1. The number of benzene rings is 9. The van der Waals surface area contributed by atoms with Crippen LogP contribution in [-0.4, -0.2) is 175 Å². The molecule has 0 saturated carbocycles. The Morgan fingerprint density at radius 2 is 0.953 bits per heavy atom. The van der Waals surface area contributed by atoms with Gasteiger partial charge >= 0.3 is 0 Å². The van der Waals surface area contributed by atoms with Gasteiger partial charge in [0.1, 0.15) is 5.75 Å². The Balaban J connectivity index is 0.000000125. The predicted octanol–water partition coefficient (Wildman–Crippen LogP) is 16.1. The number of ether oxygens (including phenoxy) is 4. The van der Waals surface area contributed by atoms with E-state index >= 15 is 0 Å². The number of carbonyl (C=O) groups excluding carboxylic acids is 4. The number of thiazole rings is 2. The lowest BCUT2D eigenvalue weighted by Gasteiger charge is -2.26. The zero-order valence-electron chi connectivity index (χ0n) is 70.2. The van der Waals surface area contributed by atoms with E-state index in [4.69, 9.17) is 37.7 Å². The van der Waals surface area contributed by atoms with Crippen molar-refractivity contribution in [3.63, 3.8) is 0 Å². The van der Waals surface area contributed by atoms with Gasteiger partial charge in [0.05, 0.1) is 93.0 Å². The molecule has 0 spiro atoms. The van der Waals surface area contributed by atoms with Crippen molar-refractivity contribution in [3.05, 3.63) is 293 Å². The maximum Gasteiger partial charge on any atom is 0.255 e. The summed E-state index contributed by atoms with van der Waals surface area (Å²) in [6.07, 6.45) is 7.97. The number of pyridine rings is 2. The predicted molar refractivity (Wildman–Crippen MR) is 493 cm³/mol. The quantitative estimate of drug-likeness (QED) is 0.0295. The highest BCUT2D eigenvalue weighted by Gasteiger charge is 2.26. The summed E-state index contributed by atoms with van der Waals surface area (Å²) in [6.45, 7) is 6.72. The molecule has 10 heterocycles. The molecule has 644 valence electrons. The molecule has 2 saturated heterocycles. The molecule has 19 rings (SSSR count). The van der Waals surface area contributed by atoms with Crippen molar-refractivity contribution in [2.75, 3.05) is 108 Å². The van der Waals surface area contributed by atoms with Crippen molar-refractivity contribution < 1.29 is 62.3 Å². The van der Waals surface area contributed by atoms with Gasteiger partial charge in [-0.3, -0.25) is 37.8 Å². The van der Waals surface area contributed by atoms with Gasteiger partial charge in [-0.1, -0.05) is 97.1 Å². The highest BCUT2D eigenvalue weighted by atomic mass is 32.1. The van der Waals surface area contributed by atoms with Crippen LogP contribution < -0.4 is 50.4 Å². The van der Waals surface area contributed by atoms with Crippen LogP contribution in [0.3, 0.4) is 0 Å². The highest BCUT2D eigenvalue weighted by molar-refractivity contribution is 7.15. The minimum Gasteiger partial charge on any atom is -0.496 e. The average Bonchev–Trinajstić information content (AvgIpc) is 1.64. The van der Waals surface area contributed by atoms with Crippen molar-refractivity contribution in [2.45, 2.75) is 38.8 Å². The lowest BCUT2D eigenvalue weighted by molar-refractivity contribution is 0.101. The summed E-state index contributed by atoms with van der Waals surface area (Å²) >= 11 is 3.22. The third-order valence-corrected chi connectivity index (χ3v) is 23.3. The minimum absolute atomic E-state index is 0.146. The van der Waals surface area contributed by atoms with E-state index in [1.807, 2.05) is 189 Å². The summed E-state index contributed by atoms with van der Waals surface area (Å²) in [5.74, 6) is 1.29. The SMILES string of the molecule is CN(C)c1cccc(C(=O)Nc2ccccc2-c2nc3ncccc3o2)c1.COc1cc(C(=O)Nc2ccccc2-c2cn3c(CN4CCNCC4)csc3n2)cc(CO)c1CO.COc1cc(C(=O)Nc2ccccc2-c2nc3ncccc3o2)cc(OC)c1OC.O=C(Nc1ccccc1-c1cn2c(CN3CC[C@@H](O)C3)csc2n1)c1ccc2ccccc2c1. The number of imidazole rings is 2. The number of hydrogen-bond acceptors (Lipinski definition) is 25. The first kappa shape index (κ1) is 86.0. The molecular formula is C96H90N16O13S2. The van der Waals surface area contributed by atoms with E-state index in [0.717, 1.165) is 113 Å². The average molecular weight is 1740 g/mol. The van der Waals surface area contributed by atoms with Crippen molar-refractivity contribution in [2.24, 2.45) is 0 Å². The van der Waals surface area contributed by atoms with Crippen LogP contribution in [-0.2, 0) is 26.3 Å². The van der Waals surface area contributed by atoms with Gasteiger partial charge in [-0.25, -0.2) is 19.9 Å². The Kier molecular flexibility index (Phi) is 26.8. The molecule has 9 aromatic carbocycles. The van der Waals surface area contributed by atoms with Crippen LogP contribution in [0.4, 0.5) is 28.4 Å². The molecule has 2 aliphatic heterocycles. The van der Waals surface area contributed by atoms with Gasteiger partial charge in [0.2, 0.25) is 17.5 Å². The summed E-state index contributed by atoms with van der Waals surface area (Å²) < 4.78 is 37.2. The smallest absolute Gasteiger partial charge is 0.255 e. The van der Waals surface area contributed by atoms with Crippen LogP contribution in [0.5, 0.6) is 23.0 Å². The molecule has 8 aromatic heterocycles. The topological polar surface area (TPSA) is 348 Å². The first-order valence-electron chi connectivity index (χ1n) is 40.8. The lowest BCUT2D eigenvalue weighted by atomic mass is 10.0. The largest absolute Gasteiger partial charge is 0.496 e. The van der Waals surface area contributed by atoms with Gasteiger partial charge < -0.3 is 74.6 Å². The number of fused-ring (bicyclic) bond motifs is 5. The second-order valence-electron chi connectivity index (χ2n) is 30.0. The number of hydrogen-bond donors (Lipinski definition) is 8. The van der Waals surface area contributed by atoms with Gasteiger partial charge in [-0.2, -0.15) is 9.97 Å². The number of β-amino-alcohol motifs (C(OH)–C–C–N with tert-alkyl or cyclic N) is 1. The number of aromatic nitrogens is 8. The molecule has 0 radical (unpaired) electrons. The number of anilines is 5. The summed E-state index contributed by atoms with van der Waals surface area (Å²) in [4.78, 5) is 87.4. The Labute approximate surface area is 737 Å². The highest BCUT2D eigenvalue weighted by Crippen LogP contribution is 2.41. The van der Waals surface area contributed by atoms with Crippen molar-refractivity contribution in [1.29, 1.82) is 0 Å². The molecule has 2 fully saturated rings. The van der Waals surface area contributed by atoms with Crippen molar-refractivity contribution in [1.82, 2.24) is 53.8 Å². The van der Waals surface area contributed by atoms with Crippen LogP contribution in [0.25, 0.3) is 88.6 Å². The molecule has 0 bridgehead atoms. The number of aliphatic hydroxyl groups excluding tert-OH is 3. The normalized spacial score (nSPS) is 13.3.